The molecule has 116 valence electrons. The van der Waals surface area contributed by atoms with Gasteiger partial charge in [-0.2, -0.15) is 0 Å². The molecule has 20 heavy (non-hydrogen) atoms. The Morgan fingerprint density at radius 2 is 1.90 bits per heavy atom. The molecule has 2 fully saturated rings. The SMILES string of the molecule is COC(C)(C)CC(=O)N1CCC(N2CCC(N)CC2)C1. The van der Waals surface area contributed by atoms with Crippen LogP contribution in [0.4, 0.5) is 0 Å². The molecule has 0 saturated carbocycles. The third-order valence-electron chi connectivity index (χ3n) is 4.74. The second-order valence-electron chi connectivity index (χ2n) is 6.80. The molecule has 0 aromatic rings. The van der Waals surface area contributed by atoms with E-state index in [0.29, 0.717) is 18.5 Å². The van der Waals surface area contributed by atoms with Crippen LogP contribution in [0.1, 0.15) is 39.5 Å². The molecule has 5 heteroatoms. The number of hydrogen-bond donors (Lipinski definition) is 1. The predicted molar refractivity (Wildman–Crippen MR) is 79.5 cm³/mol. The third kappa shape index (κ3) is 3.93. The molecule has 2 saturated heterocycles. The Hall–Kier alpha value is -0.650. The van der Waals surface area contributed by atoms with Crippen LogP contribution in [0.15, 0.2) is 0 Å². The van der Waals surface area contributed by atoms with E-state index in [9.17, 15) is 4.79 Å². The van der Waals surface area contributed by atoms with E-state index in [-0.39, 0.29) is 11.5 Å². The molecule has 0 aliphatic carbocycles. The van der Waals surface area contributed by atoms with E-state index >= 15 is 0 Å². The minimum absolute atomic E-state index is 0.216. The van der Waals surface area contributed by atoms with Gasteiger partial charge in [-0.3, -0.25) is 9.69 Å². The van der Waals surface area contributed by atoms with Crippen molar-refractivity contribution in [2.45, 2.75) is 57.2 Å². The number of likely N-dealkylation sites (tertiary alicyclic amines) is 2. The Morgan fingerprint density at radius 1 is 1.25 bits per heavy atom. The molecule has 2 aliphatic heterocycles. The molecule has 0 radical (unpaired) electrons. The lowest BCUT2D eigenvalue weighted by Gasteiger charge is -2.34. The van der Waals surface area contributed by atoms with Crippen LogP contribution in [0, 0.1) is 0 Å². The summed E-state index contributed by atoms with van der Waals surface area (Å²) < 4.78 is 5.35. The van der Waals surface area contributed by atoms with Gasteiger partial charge in [-0.15, -0.1) is 0 Å². The molecule has 0 spiro atoms. The molecule has 0 aromatic carbocycles. The van der Waals surface area contributed by atoms with Gasteiger partial charge in [-0.05, 0) is 46.2 Å². The van der Waals surface area contributed by atoms with Gasteiger partial charge in [0.25, 0.3) is 0 Å². The van der Waals surface area contributed by atoms with Crippen molar-refractivity contribution >= 4 is 5.91 Å². The summed E-state index contributed by atoms with van der Waals surface area (Å²) in [5, 5.41) is 0. The van der Waals surface area contributed by atoms with E-state index in [1.165, 1.54) is 0 Å². The van der Waals surface area contributed by atoms with Gasteiger partial charge in [0.2, 0.25) is 5.91 Å². The Morgan fingerprint density at radius 3 is 2.50 bits per heavy atom. The fourth-order valence-electron chi connectivity index (χ4n) is 3.10. The third-order valence-corrected chi connectivity index (χ3v) is 4.74. The highest BCUT2D eigenvalue weighted by atomic mass is 16.5. The van der Waals surface area contributed by atoms with Gasteiger partial charge in [0.05, 0.1) is 12.0 Å². The molecule has 2 aliphatic rings. The van der Waals surface area contributed by atoms with Crippen molar-refractivity contribution in [1.29, 1.82) is 0 Å². The van der Waals surface area contributed by atoms with Crippen LogP contribution < -0.4 is 5.73 Å². The molecule has 5 nitrogen and oxygen atoms in total. The van der Waals surface area contributed by atoms with Crippen molar-refractivity contribution in [3.8, 4) is 0 Å². The van der Waals surface area contributed by atoms with E-state index in [0.717, 1.165) is 45.4 Å². The number of ether oxygens (including phenoxy) is 1. The summed E-state index contributed by atoms with van der Waals surface area (Å²) >= 11 is 0. The first-order valence-corrected chi connectivity index (χ1v) is 7.74. The topological polar surface area (TPSA) is 58.8 Å². The molecule has 2 N–H and O–H groups in total. The summed E-state index contributed by atoms with van der Waals surface area (Å²) in [6.45, 7) is 7.84. The summed E-state index contributed by atoms with van der Waals surface area (Å²) in [5.41, 5.74) is 5.58. The number of carbonyl (C=O) groups excluding carboxylic acids is 1. The number of piperidine rings is 1. The summed E-state index contributed by atoms with van der Waals surface area (Å²) in [5.74, 6) is 0.216. The van der Waals surface area contributed by atoms with Crippen LogP contribution >= 0.6 is 0 Å². The number of amides is 1. The smallest absolute Gasteiger partial charge is 0.225 e. The fourth-order valence-corrected chi connectivity index (χ4v) is 3.10. The number of hydrogen-bond acceptors (Lipinski definition) is 4. The van der Waals surface area contributed by atoms with E-state index in [1.54, 1.807) is 7.11 Å². The minimum atomic E-state index is -0.368. The van der Waals surface area contributed by atoms with Gasteiger partial charge in [0.15, 0.2) is 0 Å². The van der Waals surface area contributed by atoms with Gasteiger partial charge >= 0.3 is 0 Å². The molecular weight excluding hydrogens is 254 g/mol. The van der Waals surface area contributed by atoms with E-state index in [2.05, 4.69) is 4.90 Å². The van der Waals surface area contributed by atoms with Crippen LogP contribution in [0.2, 0.25) is 0 Å². The van der Waals surface area contributed by atoms with Crippen molar-refractivity contribution < 1.29 is 9.53 Å². The first kappa shape index (κ1) is 15.7. The Balaban J connectivity index is 1.81. The highest BCUT2D eigenvalue weighted by Gasteiger charge is 2.33. The zero-order chi connectivity index (χ0) is 14.8. The quantitative estimate of drug-likeness (QED) is 0.830. The summed E-state index contributed by atoms with van der Waals surface area (Å²) in [7, 11) is 1.66. The Kier molecular flexibility index (Phi) is 5.04. The normalized spacial score (nSPS) is 26.2. The van der Waals surface area contributed by atoms with E-state index in [1.807, 2.05) is 18.7 Å². The molecule has 2 heterocycles. The number of carbonyl (C=O) groups is 1. The van der Waals surface area contributed by atoms with Crippen LogP contribution in [-0.4, -0.2) is 66.7 Å². The molecule has 1 amide bonds. The second kappa shape index (κ2) is 6.41. The molecule has 0 aromatic heterocycles. The molecule has 1 atom stereocenters. The van der Waals surface area contributed by atoms with Crippen molar-refractivity contribution in [3.63, 3.8) is 0 Å². The van der Waals surface area contributed by atoms with E-state index in [4.69, 9.17) is 10.5 Å². The zero-order valence-electron chi connectivity index (χ0n) is 13.1. The maximum Gasteiger partial charge on any atom is 0.225 e. The standard InChI is InChI=1S/C15H29N3O2/c1-15(2,20-3)10-14(19)18-9-6-13(11-18)17-7-4-12(16)5-8-17/h12-13H,4-11,16H2,1-3H3. The lowest BCUT2D eigenvalue weighted by molar-refractivity contribution is -0.135. The maximum absolute atomic E-state index is 12.3. The van der Waals surface area contributed by atoms with Crippen LogP contribution in [0.5, 0.6) is 0 Å². The lowest BCUT2D eigenvalue weighted by Crippen LogP contribution is -2.46. The first-order chi connectivity index (χ1) is 9.41. The average Bonchev–Trinajstić information content (AvgIpc) is 2.89. The summed E-state index contributed by atoms with van der Waals surface area (Å²) in [4.78, 5) is 16.8. The van der Waals surface area contributed by atoms with Crippen molar-refractivity contribution in [1.82, 2.24) is 9.80 Å². The summed E-state index contributed by atoms with van der Waals surface area (Å²) in [6, 6.07) is 0.894. The van der Waals surface area contributed by atoms with E-state index < -0.39 is 0 Å². The second-order valence-corrected chi connectivity index (χ2v) is 6.80. The van der Waals surface area contributed by atoms with Gasteiger partial charge in [-0.1, -0.05) is 0 Å². The van der Waals surface area contributed by atoms with Crippen molar-refractivity contribution in [2.24, 2.45) is 5.73 Å². The van der Waals surface area contributed by atoms with Crippen LogP contribution in [0.3, 0.4) is 0 Å². The average molecular weight is 283 g/mol. The maximum atomic E-state index is 12.3. The lowest BCUT2D eigenvalue weighted by atomic mass is 10.0. The number of nitrogens with two attached hydrogens (primary N) is 1. The predicted octanol–water partition coefficient (Wildman–Crippen LogP) is 0.826. The fraction of sp³-hybridized carbons (Fsp3) is 0.933. The largest absolute Gasteiger partial charge is 0.378 e. The molecule has 1 unspecified atom stereocenters. The first-order valence-electron chi connectivity index (χ1n) is 7.74. The highest BCUT2D eigenvalue weighted by molar-refractivity contribution is 5.77. The number of nitrogens with zero attached hydrogens (tertiary/aromatic N) is 2. The van der Waals surface area contributed by atoms with Gasteiger partial charge in [0.1, 0.15) is 0 Å². The van der Waals surface area contributed by atoms with Gasteiger partial charge in [-0.25, -0.2) is 0 Å². The minimum Gasteiger partial charge on any atom is -0.378 e. The van der Waals surface area contributed by atoms with Gasteiger partial charge < -0.3 is 15.4 Å². The zero-order valence-corrected chi connectivity index (χ0v) is 13.1. The molecular formula is C15H29N3O2. The number of methoxy groups -OCH3 is 1. The Labute approximate surface area is 122 Å². The molecule has 0 bridgehead atoms. The highest BCUT2D eigenvalue weighted by Crippen LogP contribution is 2.22. The van der Waals surface area contributed by atoms with Crippen molar-refractivity contribution in [3.05, 3.63) is 0 Å². The van der Waals surface area contributed by atoms with Crippen LogP contribution in [0.25, 0.3) is 0 Å². The van der Waals surface area contributed by atoms with Crippen LogP contribution in [-0.2, 0) is 9.53 Å². The van der Waals surface area contributed by atoms with Gasteiger partial charge in [0, 0.05) is 32.3 Å². The number of rotatable bonds is 4. The monoisotopic (exact) mass is 283 g/mol. The van der Waals surface area contributed by atoms with Crippen molar-refractivity contribution in [2.75, 3.05) is 33.3 Å². The molecule has 2 rings (SSSR count). The Bertz CT molecular complexity index is 338. The summed E-state index contributed by atoms with van der Waals surface area (Å²) in [6.07, 6.45) is 3.72.